The summed E-state index contributed by atoms with van der Waals surface area (Å²) in [6, 6.07) is 5.90. The van der Waals surface area contributed by atoms with E-state index < -0.39 is 0 Å². The highest BCUT2D eigenvalue weighted by atomic mass is 16.5. The Morgan fingerprint density at radius 1 is 1.30 bits per heavy atom. The molecule has 112 valence electrons. The zero-order valence-corrected chi connectivity index (χ0v) is 12.2. The lowest BCUT2D eigenvalue weighted by molar-refractivity contribution is 0.238. The molecule has 1 fully saturated rings. The third kappa shape index (κ3) is 3.35. The first kappa shape index (κ1) is 14.9. The molecule has 2 unspecified atom stereocenters. The minimum Gasteiger partial charge on any atom is -0.497 e. The number of hydrogen-bond acceptors (Lipinski definition) is 5. The minimum atomic E-state index is 0.121. The third-order valence-electron chi connectivity index (χ3n) is 3.83. The van der Waals surface area contributed by atoms with Crippen LogP contribution in [0.5, 0.6) is 11.5 Å². The van der Waals surface area contributed by atoms with Gasteiger partial charge in [0.05, 0.1) is 19.9 Å². The van der Waals surface area contributed by atoms with Crippen LogP contribution in [-0.2, 0) is 0 Å². The molecule has 0 aromatic heterocycles. The zero-order chi connectivity index (χ0) is 14.5. The Morgan fingerprint density at radius 3 is 2.75 bits per heavy atom. The molecule has 2 rings (SSSR count). The topological polar surface area (TPSA) is 68.0 Å². The van der Waals surface area contributed by atoms with Crippen LogP contribution in [0.15, 0.2) is 18.2 Å². The van der Waals surface area contributed by atoms with Crippen molar-refractivity contribution < 1.29 is 14.6 Å². The second-order valence-electron chi connectivity index (χ2n) is 5.32. The van der Waals surface area contributed by atoms with E-state index in [0.29, 0.717) is 5.92 Å². The lowest BCUT2D eigenvalue weighted by Gasteiger charge is -2.38. The molecule has 0 bridgehead atoms. The maximum absolute atomic E-state index is 9.14. The lowest BCUT2D eigenvalue weighted by Crippen LogP contribution is -2.47. The smallest absolute Gasteiger partial charge is 0.142 e. The van der Waals surface area contributed by atoms with Gasteiger partial charge in [-0.3, -0.25) is 0 Å². The summed E-state index contributed by atoms with van der Waals surface area (Å²) in [4.78, 5) is 2.23. The van der Waals surface area contributed by atoms with Gasteiger partial charge in [-0.05, 0) is 30.9 Å². The van der Waals surface area contributed by atoms with Crippen LogP contribution in [0.4, 0.5) is 5.69 Å². The Kier molecular flexibility index (Phi) is 5.09. The first-order valence-corrected chi connectivity index (χ1v) is 7.01. The Bertz CT molecular complexity index is 439. The molecule has 1 aromatic rings. The van der Waals surface area contributed by atoms with E-state index >= 15 is 0 Å². The average molecular weight is 280 g/mol. The van der Waals surface area contributed by atoms with Gasteiger partial charge in [0.25, 0.3) is 0 Å². The number of hydrogen-bond donors (Lipinski definition) is 2. The van der Waals surface area contributed by atoms with Crippen LogP contribution in [-0.4, -0.2) is 45.1 Å². The summed E-state index contributed by atoms with van der Waals surface area (Å²) >= 11 is 0. The van der Waals surface area contributed by atoms with E-state index in [1.807, 2.05) is 18.2 Å². The normalized spacial score (nSPS) is 22.7. The maximum Gasteiger partial charge on any atom is 0.142 e. The molecule has 5 heteroatoms. The molecule has 0 aliphatic carbocycles. The number of rotatable bonds is 5. The van der Waals surface area contributed by atoms with Crippen molar-refractivity contribution in [2.45, 2.75) is 18.9 Å². The van der Waals surface area contributed by atoms with E-state index in [1.165, 1.54) is 0 Å². The molecular formula is C15H24N2O3. The second-order valence-corrected chi connectivity index (χ2v) is 5.32. The molecular weight excluding hydrogens is 256 g/mol. The van der Waals surface area contributed by atoms with Gasteiger partial charge in [-0.25, -0.2) is 0 Å². The summed E-state index contributed by atoms with van der Waals surface area (Å²) in [5.74, 6) is 2.04. The highest BCUT2D eigenvalue weighted by molar-refractivity contribution is 5.62. The van der Waals surface area contributed by atoms with Gasteiger partial charge in [0.15, 0.2) is 0 Å². The van der Waals surface area contributed by atoms with Gasteiger partial charge < -0.3 is 25.2 Å². The van der Waals surface area contributed by atoms with Crippen molar-refractivity contribution >= 4 is 5.69 Å². The molecule has 1 aromatic carbocycles. The number of nitrogens with zero attached hydrogens (tertiary/aromatic N) is 1. The molecule has 1 aliphatic heterocycles. The summed E-state index contributed by atoms with van der Waals surface area (Å²) in [5.41, 5.74) is 7.15. The molecule has 0 amide bonds. The SMILES string of the molecule is COc1ccc(OC)c(N2CC(N)CC(CCO)C2)c1. The molecule has 0 spiro atoms. The standard InChI is InChI=1S/C15H24N2O3/c1-19-13-3-4-15(20-2)14(8-13)17-9-11(5-6-18)7-12(16)10-17/h3-4,8,11-12,18H,5-7,9-10,16H2,1-2H3. The molecule has 5 nitrogen and oxygen atoms in total. The van der Waals surface area contributed by atoms with Crippen molar-refractivity contribution in [2.75, 3.05) is 38.8 Å². The van der Waals surface area contributed by atoms with Crippen molar-refractivity contribution in [3.8, 4) is 11.5 Å². The number of methoxy groups -OCH3 is 2. The first-order valence-electron chi connectivity index (χ1n) is 7.01. The predicted molar refractivity (Wildman–Crippen MR) is 79.5 cm³/mol. The van der Waals surface area contributed by atoms with E-state index in [1.54, 1.807) is 14.2 Å². The number of aliphatic hydroxyl groups is 1. The number of nitrogens with two attached hydrogens (primary N) is 1. The summed E-state index contributed by atoms with van der Waals surface area (Å²) in [7, 11) is 3.32. The van der Waals surface area contributed by atoms with Gasteiger partial charge in [0.2, 0.25) is 0 Å². The molecule has 1 saturated heterocycles. The van der Waals surface area contributed by atoms with Gasteiger partial charge in [-0.15, -0.1) is 0 Å². The number of anilines is 1. The van der Waals surface area contributed by atoms with Crippen LogP contribution in [0.2, 0.25) is 0 Å². The fraction of sp³-hybridized carbons (Fsp3) is 0.600. The van der Waals surface area contributed by atoms with Crippen molar-refractivity contribution in [1.82, 2.24) is 0 Å². The quantitative estimate of drug-likeness (QED) is 0.849. The van der Waals surface area contributed by atoms with Crippen LogP contribution in [0.3, 0.4) is 0 Å². The Labute approximate surface area is 120 Å². The van der Waals surface area contributed by atoms with E-state index in [9.17, 15) is 0 Å². The van der Waals surface area contributed by atoms with Crippen LogP contribution in [0.1, 0.15) is 12.8 Å². The van der Waals surface area contributed by atoms with E-state index in [2.05, 4.69) is 4.90 Å². The Balaban J connectivity index is 2.24. The van der Waals surface area contributed by atoms with Crippen molar-refractivity contribution in [1.29, 1.82) is 0 Å². The number of aliphatic hydroxyl groups excluding tert-OH is 1. The Morgan fingerprint density at radius 2 is 2.10 bits per heavy atom. The average Bonchev–Trinajstić information content (AvgIpc) is 2.46. The number of ether oxygens (including phenoxy) is 2. The first-order chi connectivity index (χ1) is 9.67. The van der Waals surface area contributed by atoms with E-state index in [4.69, 9.17) is 20.3 Å². The van der Waals surface area contributed by atoms with Gasteiger partial charge >= 0.3 is 0 Å². The van der Waals surface area contributed by atoms with Gasteiger partial charge in [-0.2, -0.15) is 0 Å². The monoisotopic (exact) mass is 280 g/mol. The van der Waals surface area contributed by atoms with E-state index in [0.717, 1.165) is 43.1 Å². The highest BCUT2D eigenvalue weighted by Crippen LogP contribution is 2.35. The minimum absolute atomic E-state index is 0.121. The summed E-state index contributed by atoms with van der Waals surface area (Å²) in [6.45, 7) is 1.89. The Hall–Kier alpha value is -1.46. The maximum atomic E-state index is 9.14. The molecule has 3 N–H and O–H groups in total. The fourth-order valence-electron chi connectivity index (χ4n) is 2.88. The van der Waals surface area contributed by atoms with Gasteiger partial charge in [0, 0.05) is 31.8 Å². The largest absolute Gasteiger partial charge is 0.497 e. The molecule has 1 aliphatic rings. The summed E-state index contributed by atoms with van der Waals surface area (Å²) in [5, 5.41) is 9.14. The van der Waals surface area contributed by atoms with Gasteiger partial charge in [-0.1, -0.05) is 0 Å². The predicted octanol–water partition coefficient (Wildman–Crippen LogP) is 1.24. The van der Waals surface area contributed by atoms with Crippen LogP contribution >= 0.6 is 0 Å². The van der Waals surface area contributed by atoms with Crippen LogP contribution in [0, 0.1) is 5.92 Å². The zero-order valence-electron chi connectivity index (χ0n) is 12.2. The van der Waals surface area contributed by atoms with Crippen molar-refractivity contribution in [3.63, 3.8) is 0 Å². The van der Waals surface area contributed by atoms with Gasteiger partial charge in [0.1, 0.15) is 11.5 Å². The molecule has 0 saturated carbocycles. The van der Waals surface area contributed by atoms with Crippen molar-refractivity contribution in [3.05, 3.63) is 18.2 Å². The molecule has 2 atom stereocenters. The molecule has 0 radical (unpaired) electrons. The summed E-state index contributed by atoms with van der Waals surface area (Å²) < 4.78 is 10.7. The van der Waals surface area contributed by atoms with Crippen molar-refractivity contribution in [2.24, 2.45) is 11.7 Å². The number of benzene rings is 1. The fourth-order valence-corrected chi connectivity index (χ4v) is 2.88. The molecule has 1 heterocycles. The van der Waals surface area contributed by atoms with E-state index in [-0.39, 0.29) is 12.6 Å². The van der Waals surface area contributed by atoms with Crippen LogP contribution < -0.4 is 20.1 Å². The highest BCUT2D eigenvalue weighted by Gasteiger charge is 2.26. The molecule has 20 heavy (non-hydrogen) atoms. The van der Waals surface area contributed by atoms with Crippen LogP contribution in [0.25, 0.3) is 0 Å². The summed E-state index contributed by atoms with van der Waals surface area (Å²) in [6.07, 6.45) is 1.75. The third-order valence-corrected chi connectivity index (χ3v) is 3.83. The second kappa shape index (κ2) is 6.81. The lowest BCUT2D eigenvalue weighted by atomic mass is 9.92. The number of piperidine rings is 1.